The number of amides is 2. The summed E-state index contributed by atoms with van der Waals surface area (Å²) in [5.41, 5.74) is -3.12. The van der Waals surface area contributed by atoms with Crippen molar-refractivity contribution in [1.82, 2.24) is 39.2 Å². The first-order chi connectivity index (χ1) is 34.1. The Morgan fingerprint density at radius 3 is 0.743 bits per heavy atom. The van der Waals surface area contributed by atoms with Crippen LogP contribution in [0.15, 0.2) is 0 Å². The Hall–Kier alpha value is -4.48. The molecule has 0 aromatic heterocycles. The van der Waals surface area contributed by atoms with Gasteiger partial charge in [0.2, 0.25) is 12.8 Å². The number of carbonyl (C=O) groups excluding carboxylic acids is 8. The standard InChI is InChI=1S/C52H94N8O14/c1-39(2)69-47(67)45(59-29-25-53(33-41(63)71-49(5,6)7)17-21-57(37-61)22-18-54(26-30-59)34-42(64)72-50(8,9)10)46(48(68)70-40(3)4)60-31-27-55(35-43(65)73-51(11,12)13)19-23-58(38-62)24-20-56(28-32-60)36-44(66)74-52(14,15)16/h37-40,45-46H,17-36H2,1-16H3. The van der Waals surface area contributed by atoms with Crippen LogP contribution in [0.1, 0.15) is 111 Å². The molecule has 22 nitrogen and oxygen atoms in total. The molecule has 2 aliphatic heterocycles. The molecule has 2 unspecified atom stereocenters. The maximum absolute atomic E-state index is 15.1. The van der Waals surface area contributed by atoms with Crippen LogP contribution in [0, 0.1) is 0 Å². The van der Waals surface area contributed by atoms with Crippen LogP contribution in [0.4, 0.5) is 0 Å². The van der Waals surface area contributed by atoms with E-state index in [-0.39, 0.29) is 131 Å². The lowest BCUT2D eigenvalue weighted by atomic mass is 10.0. The fraction of sp³-hybridized carbons (Fsp3) is 0.846. The molecule has 2 rings (SSSR count). The van der Waals surface area contributed by atoms with Crippen molar-refractivity contribution in [3.63, 3.8) is 0 Å². The van der Waals surface area contributed by atoms with Crippen molar-refractivity contribution < 1.29 is 66.8 Å². The van der Waals surface area contributed by atoms with Gasteiger partial charge in [-0.05, 0) is 111 Å². The van der Waals surface area contributed by atoms with E-state index < -0.39 is 82.5 Å². The molecule has 2 heterocycles. The fourth-order valence-corrected chi connectivity index (χ4v) is 8.24. The molecule has 2 saturated heterocycles. The molecule has 0 aromatic carbocycles. The zero-order valence-electron chi connectivity index (χ0n) is 47.9. The summed E-state index contributed by atoms with van der Waals surface area (Å²) in [7, 11) is 0. The highest BCUT2D eigenvalue weighted by atomic mass is 16.6. The second-order valence-corrected chi connectivity index (χ2v) is 23.7. The zero-order valence-corrected chi connectivity index (χ0v) is 47.9. The second kappa shape index (κ2) is 30.3. The van der Waals surface area contributed by atoms with Gasteiger partial charge in [-0.15, -0.1) is 0 Å². The van der Waals surface area contributed by atoms with Gasteiger partial charge in [-0.3, -0.25) is 67.8 Å². The maximum Gasteiger partial charge on any atom is 0.325 e. The van der Waals surface area contributed by atoms with Crippen LogP contribution in [-0.2, 0) is 66.8 Å². The van der Waals surface area contributed by atoms with Gasteiger partial charge in [0.1, 0.15) is 34.5 Å². The predicted molar refractivity (Wildman–Crippen MR) is 278 cm³/mol. The normalized spacial score (nSPS) is 19.2. The van der Waals surface area contributed by atoms with Crippen molar-refractivity contribution in [2.45, 2.75) is 157 Å². The van der Waals surface area contributed by atoms with E-state index in [0.29, 0.717) is 0 Å². The van der Waals surface area contributed by atoms with E-state index in [1.807, 2.05) is 29.4 Å². The first-order valence-corrected chi connectivity index (χ1v) is 26.2. The predicted octanol–water partition coefficient (Wildman–Crippen LogP) is 1.75. The van der Waals surface area contributed by atoms with Gasteiger partial charge in [-0.25, -0.2) is 0 Å². The molecule has 2 atom stereocenters. The molecule has 0 aromatic rings. The summed E-state index contributed by atoms with van der Waals surface area (Å²) < 4.78 is 35.0. The molecule has 2 amide bonds. The van der Waals surface area contributed by atoms with Gasteiger partial charge in [0.15, 0.2) is 0 Å². The van der Waals surface area contributed by atoms with E-state index in [4.69, 9.17) is 28.4 Å². The Balaban J connectivity index is 2.97. The molecular weight excluding hydrogens is 961 g/mol. The zero-order chi connectivity index (χ0) is 56.2. The first kappa shape index (κ1) is 65.6. The number of carbonyl (C=O) groups is 8. The maximum atomic E-state index is 15.1. The van der Waals surface area contributed by atoms with Crippen LogP contribution >= 0.6 is 0 Å². The lowest BCUT2D eigenvalue weighted by molar-refractivity contribution is -0.169. The average Bonchev–Trinajstić information content (AvgIpc) is 3.21. The molecule has 74 heavy (non-hydrogen) atoms. The monoisotopic (exact) mass is 1050 g/mol. The van der Waals surface area contributed by atoms with Crippen molar-refractivity contribution in [3.8, 4) is 0 Å². The van der Waals surface area contributed by atoms with Crippen molar-refractivity contribution in [2.75, 3.05) is 131 Å². The number of rotatable bonds is 17. The van der Waals surface area contributed by atoms with E-state index >= 15 is 9.59 Å². The highest BCUT2D eigenvalue weighted by Gasteiger charge is 2.45. The van der Waals surface area contributed by atoms with Gasteiger partial charge in [-0.2, -0.15) is 0 Å². The molecule has 2 fully saturated rings. The molecule has 22 heteroatoms. The van der Waals surface area contributed by atoms with Crippen LogP contribution in [0.3, 0.4) is 0 Å². The molecule has 426 valence electrons. The molecular formula is C52H94N8O14. The molecule has 0 aliphatic carbocycles. The number of hydrogen-bond acceptors (Lipinski definition) is 20. The summed E-state index contributed by atoms with van der Waals surface area (Å²) in [5.74, 6) is -3.43. The molecule has 0 radical (unpaired) electrons. The van der Waals surface area contributed by atoms with Crippen molar-refractivity contribution in [3.05, 3.63) is 0 Å². The van der Waals surface area contributed by atoms with Gasteiger partial charge in [0, 0.05) is 105 Å². The quantitative estimate of drug-likeness (QED) is 0.115. The molecule has 0 spiro atoms. The minimum absolute atomic E-state index is 0.0817. The van der Waals surface area contributed by atoms with Gasteiger partial charge >= 0.3 is 35.8 Å². The van der Waals surface area contributed by atoms with E-state index in [1.165, 1.54) is 0 Å². The van der Waals surface area contributed by atoms with Crippen LogP contribution in [0.25, 0.3) is 0 Å². The number of esters is 6. The minimum atomic E-state index is -1.37. The lowest BCUT2D eigenvalue weighted by Gasteiger charge is -2.43. The summed E-state index contributed by atoms with van der Waals surface area (Å²) in [6.45, 7) is 30.4. The number of hydrogen-bond donors (Lipinski definition) is 0. The van der Waals surface area contributed by atoms with Gasteiger partial charge in [0.25, 0.3) is 0 Å². The number of ether oxygens (including phenoxy) is 6. The summed E-state index contributed by atoms with van der Waals surface area (Å²) in [6.07, 6.45) is 0.220. The third kappa shape index (κ3) is 27.9. The molecule has 2 aliphatic rings. The molecule has 0 bridgehead atoms. The molecule has 0 N–H and O–H groups in total. The van der Waals surface area contributed by atoms with E-state index in [0.717, 1.165) is 12.8 Å². The largest absolute Gasteiger partial charge is 0.462 e. The Morgan fingerprint density at radius 1 is 0.365 bits per heavy atom. The fourth-order valence-electron chi connectivity index (χ4n) is 8.24. The Labute approximate surface area is 441 Å². The van der Waals surface area contributed by atoms with Gasteiger partial charge in [-0.1, -0.05) is 0 Å². The van der Waals surface area contributed by atoms with Gasteiger partial charge < -0.3 is 38.2 Å². The van der Waals surface area contributed by atoms with E-state index in [2.05, 4.69) is 0 Å². The summed E-state index contributed by atoms with van der Waals surface area (Å²) in [6, 6.07) is -2.75. The van der Waals surface area contributed by atoms with Gasteiger partial charge in [0.05, 0.1) is 38.4 Å². The number of nitrogens with zero attached hydrogens (tertiary/aromatic N) is 8. The highest BCUT2D eigenvalue weighted by molar-refractivity contribution is 5.87. The SMILES string of the molecule is CC(C)OC(=O)C(C(C(=O)OC(C)C)N1CCN(CC(=O)OC(C)(C)C)CCN(C=O)CCN(CC(=O)OC(C)(C)C)CC1)N1CCN(CC(=O)OC(C)(C)C)CCN(C=O)CCN(CC(=O)OC(C)(C)C)CC1. The first-order valence-electron chi connectivity index (χ1n) is 26.2. The summed E-state index contributed by atoms with van der Waals surface area (Å²) in [5, 5.41) is 0. The van der Waals surface area contributed by atoms with Crippen LogP contribution < -0.4 is 0 Å². The summed E-state index contributed by atoms with van der Waals surface area (Å²) >= 11 is 0. The van der Waals surface area contributed by atoms with Crippen LogP contribution in [0.2, 0.25) is 0 Å². The Morgan fingerprint density at radius 2 is 0.568 bits per heavy atom. The van der Waals surface area contributed by atoms with Crippen LogP contribution in [-0.4, -0.2) is 265 Å². The lowest BCUT2D eigenvalue weighted by Crippen LogP contribution is -2.64. The van der Waals surface area contributed by atoms with Crippen LogP contribution in [0.5, 0.6) is 0 Å². The topological polar surface area (TPSA) is 218 Å². The Kier molecular flexibility index (Phi) is 26.9. The summed E-state index contributed by atoms with van der Waals surface area (Å²) in [4.78, 5) is 123. The average molecular weight is 1060 g/mol. The smallest absolute Gasteiger partial charge is 0.325 e. The van der Waals surface area contributed by atoms with Crippen molar-refractivity contribution >= 4 is 48.6 Å². The highest BCUT2D eigenvalue weighted by Crippen LogP contribution is 2.21. The third-order valence-electron chi connectivity index (χ3n) is 11.3. The Bertz CT molecular complexity index is 1590. The van der Waals surface area contributed by atoms with E-state index in [9.17, 15) is 28.8 Å². The van der Waals surface area contributed by atoms with Crippen molar-refractivity contribution in [2.24, 2.45) is 0 Å². The minimum Gasteiger partial charge on any atom is -0.462 e. The second-order valence-electron chi connectivity index (χ2n) is 23.7. The van der Waals surface area contributed by atoms with E-state index in [1.54, 1.807) is 121 Å². The molecule has 0 saturated carbocycles. The van der Waals surface area contributed by atoms with Crippen molar-refractivity contribution in [1.29, 1.82) is 0 Å². The third-order valence-corrected chi connectivity index (χ3v) is 11.3.